The summed E-state index contributed by atoms with van der Waals surface area (Å²) in [6.07, 6.45) is 4.60. The minimum absolute atomic E-state index is 0.0253. The van der Waals surface area contributed by atoms with E-state index >= 15 is 0 Å². The summed E-state index contributed by atoms with van der Waals surface area (Å²) in [6.45, 7) is 5.47. The van der Waals surface area contributed by atoms with Gasteiger partial charge in [0.05, 0.1) is 0 Å². The first-order valence-corrected chi connectivity index (χ1v) is 8.77. The van der Waals surface area contributed by atoms with Gasteiger partial charge in [0.25, 0.3) is 5.91 Å². The van der Waals surface area contributed by atoms with E-state index in [-0.39, 0.29) is 5.91 Å². The van der Waals surface area contributed by atoms with E-state index < -0.39 is 0 Å². The second-order valence-electron chi connectivity index (χ2n) is 6.76. The molecule has 5 nitrogen and oxygen atoms in total. The number of nitrogens with zero attached hydrogens (tertiary/aromatic N) is 3. The highest BCUT2D eigenvalue weighted by atomic mass is 16.3. The van der Waals surface area contributed by atoms with E-state index in [0.717, 1.165) is 51.2 Å². The number of rotatable bonds is 3. The van der Waals surface area contributed by atoms with Gasteiger partial charge in [-0.05, 0) is 37.8 Å². The molecule has 0 atom stereocenters. The van der Waals surface area contributed by atoms with Crippen LogP contribution < -0.4 is 4.90 Å². The molecule has 126 valence electrons. The van der Waals surface area contributed by atoms with Crippen molar-refractivity contribution in [1.82, 2.24) is 9.88 Å². The van der Waals surface area contributed by atoms with E-state index in [2.05, 4.69) is 41.1 Å². The Morgan fingerprint density at radius 1 is 1.17 bits per heavy atom. The first-order chi connectivity index (χ1) is 11.7. The molecule has 2 aliphatic rings. The van der Waals surface area contributed by atoms with Crippen molar-refractivity contribution >= 4 is 11.6 Å². The van der Waals surface area contributed by atoms with Crippen molar-refractivity contribution in [2.45, 2.75) is 32.1 Å². The number of carbonyl (C=O) groups is 1. The second kappa shape index (κ2) is 6.30. The normalized spacial score (nSPS) is 18.5. The Bertz CT molecular complexity index is 736. The van der Waals surface area contributed by atoms with Crippen LogP contribution >= 0.6 is 0 Å². The van der Waals surface area contributed by atoms with Crippen molar-refractivity contribution in [1.29, 1.82) is 0 Å². The van der Waals surface area contributed by atoms with Gasteiger partial charge in [0.15, 0.2) is 12.1 Å². The molecule has 0 unspecified atom stereocenters. The topological polar surface area (TPSA) is 49.6 Å². The zero-order valence-corrected chi connectivity index (χ0v) is 14.1. The first-order valence-electron chi connectivity index (χ1n) is 8.77. The maximum Gasteiger partial charge on any atom is 0.276 e. The minimum atomic E-state index is 0.0253. The molecule has 1 aromatic carbocycles. The number of anilines is 1. The average Bonchev–Trinajstić information content (AvgIpc) is 3.37. The summed E-state index contributed by atoms with van der Waals surface area (Å²) in [5.41, 5.74) is 3.08. The number of carbonyl (C=O) groups excluding carboxylic acids is 1. The van der Waals surface area contributed by atoms with Crippen LogP contribution in [-0.2, 0) is 0 Å². The summed E-state index contributed by atoms with van der Waals surface area (Å²) in [4.78, 5) is 21.4. The Labute approximate surface area is 142 Å². The molecule has 1 aromatic heterocycles. The fraction of sp³-hybridized carbons (Fsp3) is 0.474. The Hall–Kier alpha value is -2.30. The standard InChI is InChI=1S/C19H23N3O2/c1-14-5-2-3-6-16(14)21-9-4-10-22(12-11-21)19(23)17-18(15-7-8-15)24-13-20-17/h2-3,5-6,13,15H,4,7-12H2,1H3. The van der Waals surface area contributed by atoms with Crippen molar-refractivity contribution in [3.05, 3.63) is 47.7 Å². The minimum Gasteiger partial charge on any atom is -0.447 e. The Morgan fingerprint density at radius 2 is 2.00 bits per heavy atom. The molecule has 5 heteroatoms. The highest BCUT2D eigenvalue weighted by molar-refractivity contribution is 5.93. The van der Waals surface area contributed by atoms with Crippen LogP contribution in [0.5, 0.6) is 0 Å². The van der Waals surface area contributed by atoms with Gasteiger partial charge in [0.1, 0.15) is 5.76 Å². The van der Waals surface area contributed by atoms with Crippen molar-refractivity contribution in [2.24, 2.45) is 0 Å². The Balaban J connectivity index is 1.47. The highest BCUT2D eigenvalue weighted by Gasteiger charge is 2.34. The fourth-order valence-corrected chi connectivity index (χ4v) is 3.48. The van der Waals surface area contributed by atoms with Crippen molar-refractivity contribution in [3.63, 3.8) is 0 Å². The molecule has 0 bridgehead atoms. The van der Waals surface area contributed by atoms with Crippen LogP contribution in [0.1, 0.15) is 47.0 Å². The number of aryl methyl sites for hydroxylation is 1. The lowest BCUT2D eigenvalue weighted by molar-refractivity contribution is 0.0759. The van der Waals surface area contributed by atoms with E-state index in [1.54, 1.807) is 0 Å². The van der Waals surface area contributed by atoms with E-state index in [1.807, 2.05) is 4.90 Å². The molecular formula is C19H23N3O2. The second-order valence-corrected chi connectivity index (χ2v) is 6.76. The number of amides is 1. The van der Waals surface area contributed by atoms with Gasteiger partial charge in [-0.25, -0.2) is 4.98 Å². The van der Waals surface area contributed by atoms with Crippen LogP contribution in [0, 0.1) is 6.92 Å². The average molecular weight is 325 g/mol. The third kappa shape index (κ3) is 2.90. The molecule has 1 saturated heterocycles. The summed E-state index contributed by atoms with van der Waals surface area (Å²) in [7, 11) is 0. The predicted molar refractivity (Wildman–Crippen MR) is 92.4 cm³/mol. The summed E-state index contributed by atoms with van der Waals surface area (Å²) >= 11 is 0. The molecule has 1 aliphatic carbocycles. The molecule has 0 radical (unpaired) electrons. The van der Waals surface area contributed by atoms with Gasteiger partial charge in [0, 0.05) is 37.8 Å². The predicted octanol–water partition coefficient (Wildman–Crippen LogP) is 3.21. The van der Waals surface area contributed by atoms with E-state index in [0.29, 0.717) is 11.6 Å². The SMILES string of the molecule is Cc1ccccc1N1CCCN(C(=O)c2ncoc2C2CC2)CC1. The maximum atomic E-state index is 12.9. The molecule has 1 amide bonds. The Kier molecular flexibility index (Phi) is 4.00. The molecule has 1 aliphatic heterocycles. The molecule has 4 rings (SSSR count). The fourth-order valence-electron chi connectivity index (χ4n) is 3.48. The first kappa shape index (κ1) is 15.2. The van der Waals surface area contributed by atoms with Crippen LogP contribution in [0.25, 0.3) is 0 Å². The van der Waals surface area contributed by atoms with Gasteiger partial charge in [-0.15, -0.1) is 0 Å². The molecule has 1 saturated carbocycles. The van der Waals surface area contributed by atoms with Crippen LogP contribution in [0.15, 0.2) is 35.1 Å². The number of hydrogen-bond donors (Lipinski definition) is 0. The van der Waals surface area contributed by atoms with Gasteiger partial charge < -0.3 is 14.2 Å². The third-order valence-electron chi connectivity index (χ3n) is 4.98. The lowest BCUT2D eigenvalue weighted by atomic mass is 10.2. The number of hydrogen-bond acceptors (Lipinski definition) is 4. The molecule has 24 heavy (non-hydrogen) atoms. The van der Waals surface area contributed by atoms with Gasteiger partial charge in [-0.2, -0.15) is 0 Å². The van der Waals surface area contributed by atoms with Crippen LogP contribution in [0.3, 0.4) is 0 Å². The summed E-state index contributed by atoms with van der Waals surface area (Å²) < 4.78 is 5.47. The molecule has 0 spiro atoms. The van der Waals surface area contributed by atoms with E-state index in [4.69, 9.17) is 4.42 Å². The lowest BCUT2D eigenvalue weighted by Gasteiger charge is -2.25. The van der Waals surface area contributed by atoms with Crippen LogP contribution in [0.4, 0.5) is 5.69 Å². The third-order valence-corrected chi connectivity index (χ3v) is 4.98. The van der Waals surface area contributed by atoms with Crippen molar-refractivity contribution in [3.8, 4) is 0 Å². The van der Waals surface area contributed by atoms with Gasteiger partial charge in [-0.1, -0.05) is 18.2 Å². The summed E-state index contributed by atoms with van der Waals surface area (Å²) in [6, 6.07) is 8.44. The molecular weight excluding hydrogens is 302 g/mol. The largest absolute Gasteiger partial charge is 0.447 e. The smallest absolute Gasteiger partial charge is 0.276 e. The monoisotopic (exact) mass is 325 g/mol. The molecule has 2 aromatic rings. The highest BCUT2D eigenvalue weighted by Crippen LogP contribution is 2.41. The molecule has 0 N–H and O–H groups in total. The quantitative estimate of drug-likeness (QED) is 0.869. The number of aromatic nitrogens is 1. The van der Waals surface area contributed by atoms with Gasteiger partial charge in [-0.3, -0.25) is 4.79 Å². The number of para-hydroxylation sites is 1. The Morgan fingerprint density at radius 3 is 2.79 bits per heavy atom. The van der Waals surface area contributed by atoms with Crippen molar-refractivity contribution in [2.75, 3.05) is 31.1 Å². The van der Waals surface area contributed by atoms with E-state index in [1.165, 1.54) is 17.6 Å². The summed E-state index contributed by atoms with van der Waals surface area (Å²) in [5.74, 6) is 1.22. The number of oxazole rings is 1. The molecule has 2 fully saturated rings. The van der Waals surface area contributed by atoms with Crippen LogP contribution in [0.2, 0.25) is 0 Å². The summed E-state index contributed by atoms with van der Waals surface area (Å²) in [5, 5.41) is 0. The molecule has 2 heterocycles. The lowest BCUT2D eigenvalue weighted by Crippen LogP contribution is -2.36. The zero-order chi connectivity index (χ0) is 16.5. The van der Waals surface area contributed by atoms with E-state index in [9.17, 15) is 4.79 Å². The van der Waals surface area contributed by atoms with Gasteiger partial charge >= 0.3 is 0 Å². The van der Waals surface area contributed by atoms with Gasteiger partial charge in [0.2, 0.25) is 0 Å². The zero-order valence-electron chi connectivity index (χ0n) is 14.1. The maximum absolute atomic E-state index is 12.9. The van der Waals surface area contributed by atoms with Crippen molar-refractivity contribution < 1.29 is 9.21 Å². The number of benzene rings is 1. The van der Waals surface area contributed by atoms with Crippen LogP contribution in [-0.4, -0.2) is 42.0 Å².